The Morgan fingerprint density at radius 2 is 2.56 bits per heavy atom. The molecule has 0 radical (unpaired) electrons. The van der Waals surface area contributed by atoms with Crippen LogP contribution in [0.25, 0.3) is 0 Å². The number of anilines is 1. The van der Waals surface area contributed by atoms with Crippen LogP contribution in [0.5, 0.6) is 0 Å². The van der Waals surface area contributed by atoms with Gasteiger partial charge in [-0.15, -0.1) is 0 Å². The van der Waals surface area contributed by atoms with E-state index in [1.807, 2.05) is 6.07 Å². The average Bonchev–Trinajstić information content (AvgIpc) is 2.74. The van der Waals surface area contributed by atoms with Crippen molar-refractivity contribution in [2.75, 3.05) is 11.9 Å². The van der Waals surface area contributed by atoms with Gasteiger partial charge in [0.2, 0.25) is 5.91 Å². The Morgan fingerprint density at radius 1 is 1.69 bits per heavy atom. The summed E-state index contributed by atoms with van der Waals surface area (Å²) in [5, 5.41) is 2.76. The Kier molecular flexibility index (Phi) is 3.90. The van der Waals surface area contributed by atoms with E-state index in [1.54, 1.807) is 12.3 Å². The van der Waals surface area contributed by atoms with Crippen LogP contribution in [0, 0.1) is 0 Å². The van der Waals surface area contributed by atoms with Crippen LogP contribution in [-0.4, -0.2) is 23.6 Å². The van der Waals surface area contributed by atoms with Crippen LogP contribution in [0.1, 0.15) is 19.3 Å². The molecule has 1 unspecified atom stereocenters. The van der Waals surface area contributed by atoms with Crippen LogP contribution in [-0.2, 0) is 9.53 Å². The molecule has 0 bridgehead atoms. The van der Waals surface area contributed by atoms with Gasteiger partial charge in [0.25, 0.3) is 0 Å². The van der Waals surface area contributed by atoms with Gasteiger partial charge in [-0.3, -0.25) is 4.79 Å². The molecule has 2 heterocycles. The van der Waals surface area contributed by atoms with E-state index in [4.69, 9.17) is 4.74 Å². The number of aromatic nitrogens is 1. The second kappa shape index (κ2) is 5.41. The zero-order valence-electron chi connectivity index (χ0n) is 8.78. The van der Waals surface area contributed by atoms with Gasteiger partial charge in [0, 0.05) is 12.8 Å². The molecule has 0 aromatic carbocycles. The molecule has 1 aliphatic rings. The summed E-state index contributed by atoms with van der Waals surface area (Å²) in [6, 6.07) is 3.65. The summed E-state index contributed by atoms with van der Waals surface area (Å²) in [6.45, 7) is 0.769. The van der Waals surface area contributed by atoms with E-state index in [-0.39, 0.29) is 12.0 Å². The molecule has 0 saturated carbocycles. The summed E-state index contributed by atoms with van der Waals surface area (Å²) in [7, 11) is 0. The van der Waals surface area contributed by atoms with Crippen molar-refractivity contribution >= 4 is 27.7 Å². The first kappa shape index (κ1) is 11.5. The number of pyridine rings is 1. The highest BCUT2D eigenvalue weighted by atomic mass is 79.9. The minimum absolute atomic E-state index is 0.0497. The predicted molar refractivity (Wildman–Crippen MR) is 64.2 cm³/mol. The summed E-state index contributed by atoms with van der Waals surface area (Å²) in [4.78, 5) is 15.7. The molecule has 1 saturated heterocycles. The second-order valence-corrected chi connectivity index (χ2v) is 4.58. The molecule has 1 aliphatic heterocycles. The van der Waals surface area contributed by atoms with Gasteiger partial charge in [-0.05, 0) is 40.9 Å². The first-order valence-corrected chi connectivity index (χ1v) is 6.07. The van der Waals surface area contributed by atoms with E-state index < -0.39 is 0 Å². The molecule has 1 atom stereocenters. The number of nitrogens with one attached hydrogen (secondary N) is 1. The van der Waals surface area contributed by atoms with Crippen molar-refractivity contribution in [3.63, 3.8) is 0 Å². The number of carbonyl (C=O) groups is 1. The number of rotatable bonds is 3. The third-order valence-electron chi connectivity index (χ3n) is 2.45. The van der Waals surface area contributed by atoms with Gasteiger partial charge in [-0.25, -0.2) is 4.98 Å². The molecular weight excluding hydrogens is 272 g/mol. The number of hydrogen-bond donors (Lipinski definition) is 1. The third-order valence-corrected chi connectivity index (χ3v) is 3.09. The minimum atomic E-state index is -0.0497. The molecule has 1 amide bonds. The summed E-state index contributed by atoms with van der Waals surface area (Å²) < 4.78 is 6.19. The summed E-state index contributed by atoms with van der Waals surface area (Å²) >= 11 is 3.33. The maximum Gasteiger partial charge on any atom is 0.228 e. The van der Waals surface area contributed by atoms with Gasteiger partial charge in [0.05, 0.1) is 17.0 Å². The van der Waals surface area contributed by atoms with E-state index in [1.165, 1.54) is 0 Å². The van der Waals surface area contributed by atoms with Crippen molar-refractivity contribution in [2.24, 2.45) is 0 Å². The lowest BCUT2D eigenvalue weighted by molar-refractivity contribution is -0.118. The summed E-state index contributed by atoms with van der Waals surface area (Å²) in [5.41, 5.74) is 0. The van der Waals surface area contributed by atoms with Crippen molar-refractivity contribution < 1.29 is 9.53 Å². The molecule has 86 valence electrons. The lowest BCUT2D eigenvalue weighted by Crippen LogP contribution is -2.19. The fourth-order valence-corrected chi connectivity index (χ4v) is 2.03. The predicted octanol–water partition coefficient (Wildman–Crippen LogP) is 2.35. The largest absolute Gasteiger partial charge is 0.378 e. The van der Waals surface area contributed by atoms with Gasteiger partial charge >= 0.3 is 0 Å². The maximum atomic E-state index is 11.7. The zero-order chi connectivity index (χ0) is 11.4. The molecule has 5 heteroatoms. The SMILES string of the molecule is O=C(CC1CCCO1)Nc1ncccc1Br. The molecule has 1 aromatic rings. The van der Waals surface area contributed by atoms with Crippen LogP contribution in [0.3, 0.4) is 0 Å². The number of ether oxygens (including phenoxy) is 1. The highest BCUT2D eigenvalue weighted by Crippen LogP contribution is 2.20. The van der Waals surface area contributed by atoms with Crippen LogP contribution in [0.4, 0.5) is 5.82 Å². The number of carbonyl (C=O) groups excluding carboxylic acids is 1. The summed E-state index contributed by atoms with van der Waals surface area (Å²) in [5.74, 6) is 0.511. The van der Waals surface area contributed by atoms with Gasteiger partial charge in [0.1, 0.15) is 5.82 Å². The highest BCUT2D eigenvalue weighted by Gasteiger charge is 2.19. The van der Waals surface area contributed by atoms with Crippen LogP contribution < -0.4 is 5.32 Å². The minimum Gasteiger partial charge on any atom is -0.378 e. The fourth-order valence-electron chi connectivity index (χ4n) is 1.67. The van der Waals surface area contributed by atoms with Crippen molar-refractivity contribution in [3.05, 3.63) is 22.8 Å². The Bertz CT molecular complexity index is 378. The number of hydrogen-bond acceptors (Lipinski definition) is 3. The topological polar surface area (TPSA) is 51.2 Å². The highest BCUT2D eigenvalue weighted by molar-refractivity contribution is 9.10. The quantitative estimate of drug-likeness (QED) is 0.927. The molecule has 0 aliphatic carbocycles. The monoisotopic (exact) mass is 284 g/mol. The fraction of sp³-hybridized carbons (Fsp3) is 0.455. The molecule has 1 fully saturated rings. The van der Waals surface area contributed by atoms with Crippen molar-refractivity contribution in [2.45, 2.75) is 25.4 Å². The first-order valence-electron chi connectivity index (χ1n) is 5.27. The number of amides is 1. The lowest BCUT2D eigenvalue weighted by Gasteiger charge is -2.09. The molecule has 4 nitrogen and oxygen atoms in total. The van der Waals surface area contributed by atoms with Crippen LogP contribution in [0.15, 0.2) is 22.8 Å². The Balaban J connectivity index is 1.89. The second-order valence-electron chi connectivity index (χ2n) is 3.72. The zero-order valence-corrected chi connectivity index (χ0v) is 10.4. The Labute approximate surface area is 103 Å². The summed E-state index contributed by atoms with van der Waals surface area (Å²) in [6.07, 6.45) is 4.14. The van der Waals surface area contributed by atoms with Crippen LogP contribution >= 0.6 is 15.9 Å². The van der Waals surface area contributed by atoms with Gasteiger partial charge in [0.15, 0.2) is 0 Å². The van der Waals surface area contributed by atoms with Gasteiger partial charge in [-0.2, -0.15) is 0 Å². The maximum absolute atomic E-state index is 11.7. The van der Waals surface area contributed by atoms with E-state index in [0.29, 0.717) is 12.2 Å². The number of nitrogens with zero attached hydrogens (tertiary/aromatic N) is 1. The Morgan fingerprint density at radius 3 is 3.25 bits per heavy atom. The van der Waals surface area contributed by atoms with Crippen molar-refractivity contribution in [3.8, 4) is 0 Å². The van der Waals surface area contributed by atoms with Crippen molar-refractivity contribution in [1.82, 2.24) is 4.98 Å². The number of halogens is 1. The van der Waals surface area contributed by atoms with E-state index in [9.17, 15) is 4.79 Å². The van der Waals surface area contributed by atoms with E-state index >= 15 is 0 Å². The van der Waals surface area contributed by atoms with Gasteiger partial charge < -0.3 is 10.1 Å². The molecule has 1 aromatic heterocycles. The lowest BCUT2D eigenvalue weighted by atomic mass is 10.2. The molecule has 2 rings (SSSR count). The Hall–Kier alpha value is -0.940. The molecule has 0 spiro atoms. The van der Waals surface area contributed by atoms with Gasteiger partial charge in [-0.1, -0.05) is 0 Å². The van der Waals surface area contributed by atoms with E-state index in [2.05, 4.69) is 26.2 Å². The molecule has 1 N–H and O–H groups in total. The standard InChI is InChI=1S/C11H13BrN2O2/c12-9-4-1-5-13-11(9)14-10(15)7-8-3-2-6-16-8/h1,4-5,8H,2-3,6-7H2,(H,13,14,15). The smallest absolute Gasteiger partial charge is 0.228 e. The molecular formula is C11H13BrN2O2. The first-order chi connectivity index (χ1) is 7.75. The van der Waals surface area contributed by atoms with Crippen LogP contribution in [0.2, 0.25) is 0 Å². The third kappa shape index (κ3) is 3.02. The van der Waals surface area contributed by atoms with Crippen molar-refractivity contribution in [1.29, 1.82) is 0 Å². The normalized spacial score (nSPS) is 19.7. The average molecular weight is 285 g/mol. The van der Waals surface area contributed by atoms with E-state index in [0.717, 1.165) is 23.9 Å². The molecule has 16 heavy (non-hydrogen) atoms.